The molecule has 1 aromatic rings. The summed E-state index contributed by atoms with van der Waals surface area (Å²) in [5.41, 5.74) is 5.57. The van der Waals surface area contributed by atoms with Crippen LogP contribution < -0.4 is 5.73 Å². The SMILES string of the molecule is CC(C)(C)OC(=O)CCC(C(N)=O)N1Cc2c(ccc(Br)c2O)C1=O. The van der Waals surface area contributed by atoms with Crippen LogP contribution in [0.25, 0.3) is 0 Å². The largest absolute Gasteiger partial charge is 0.506 e. The van der Waals surface area contributed by atoms with Crippen LogP contribution in [0.1, 0.15) is 49.5 Å². The molecule has 2 rings (SSSR count). The number of hydrogen-bond donors (Lipinski definition) is 2. The van der Waals surface area contributed by atoms with E-state index in [0.29, 0.717) is 15.6 Å². The van der Waals surface area contributed by atoms with Gasteiger partial charge in [0.2, 0.25) is 5.91 Å². The third-order valence-corrected chi connectivity index (χ3v) is 4.44. The number of fused-ring (bicyclic) bond motifs is 1. The third-order valence-electron chi connectivity index (χ3n) is 3.80. The molecule has 0 saturated carbocycles. The van der Waals surface area contributed by atoms with E-state index in [-0.39, 0.29) is 25.1 Å². The second-order valence-corrected chi connectivity index (χ2v) is 7.75. The third kappa shape index (κ3) is 4.31. The predicted molar refractivity (Wildman–Crippen MR) is 93.7 cm³/mol. The fraction of sp³-hybridized carbons (Fsp3) is 0.471. The quantitative estimate of drug-likeness (QED) is 0.719. The Morgan fingerprint density at radius 3 is 2.60 bits per heavy atom. The lowest BCUT2D eigenvalue weighted by atomic mass is 10.1. The molecule has 1 atom stereocenters. The van der Waals surface area contributed by atoms with E-state index >= 15 is 0 Å². The number of benzene rings is 1. The number of esters is 1. The van der Waals surface area contributed by atoms with Gasteiger partial charge in [-0.1, -0.05) is 0 Å². The number of primary amides is 1. The number of nitrogens with two attached hydrogens (primary N) is 1. The number of hydrogen-bond acceptors (Lipinski definition) is 5. The Morgan fingerprint density at radius 1 is 1.40 bits per heavy atom. The van der Waals surface area contributed by atoms with Crippen LogP contribution in [0, 0.1) is 0 Å². The minimum absolute atomic E-state index is 0.0382. The van der Waals surface area contributed by atoms with Crippen LogP contribution in [0.2, 0.25) is 0 Å². The Kier molecular flexibility index (Phi) is 5.41. The summed E-state index contributed by atoms with van der Waals surface area (Å²) in [6.45, 7) is 5.30. The van der Waals surface area contributed by atoms with Crippen LogP contribution in [0.3, 0.4) is 0 Å². The van der Waals surface area contributed by atoms with E-state index < -0.39 is 29.4 Å². The maximum Gasteiger partial charge on any atom is 0.306 e. The Balaban J connectivity index is 2.14. The Bertz CT molecular complexity index is 726. The first kappa shape index (κ1) is 19.2. The van der Waals surface area contributed by atoms with Gasteiger partial charge < -0.3 is 20.5 Å². The number of phenolic OH excluding ortho intramolecular Hbond substituents is 1. The van der Waals surface area contributed by atoms with Crippen molar-refractivity contribution in [2.75, 3.05) is 0 Å². The molecule has 3 N–H and O–H groups in total. The summed E-state index contributed by atoms with van der Waals surface area (Å²) >= 11 is 3.20. The summed E-state index contributed by atoms with van der Waals surface area (Å²) in [7, 11) is 0. The van der Waals surface area contributed by atoms with E-state index in [1.165, 1.54) is 4.90 Å². The molecule has 0 spiro atoms. The van der Waals surface area contributed by atoms with Crippen molar-refractivity contribution in [1.82, 2.24) is 4.90 Å². The first-order valence-corrected chi connectivity index (χ1v) is 8.63. The summed E-state index contributed by atoms with van der Waals surface area (Å²) in [4.78, 5) is 37.5. The standard InChI is InChI=1S/C17H21BrN2O5/c1-17(2,3)25-13(21)7-6-12(15(19)23)20-8-10-9(16(20)24)4-5-11(18)14(10)22/h4-5,12,22H,6-8H2,1-3H3,(H2,19,23). The van der Waals surface area contributed by atoms with Crippen molar-refractivity contribution in [1.29, 1.82) is 0 Å². The van der Waals surface area contributed by atoms with Gasteiger partial charge in [0.25, 0.3) is 5.91 Å². The van der Waals surface area contributed by atoms with Gasteiger partial charge in [-0.15, -0.1) is 0 Å². The van der Waals surface area contributed by atoms with Crippen molar-refractivity contribution in [2.24, 2.45) is 5.73 Å². The molecule has 1 unspecified atom stereocenters. The molecule has 25 heavy (non-hydrogen) atoms. The maximum absolute atomic E-state index is 12.6. The topological polar surface area (TPSA) is 110 Å². The highest BCUT2D eigenvalue weighted by Gasteiger charge is 2.37. The van der Waals surface area contributed by atoms with Gasteiger partial charge in [-0.25, -0.2) is 0 Å². The molecule has 1 aromatic carbocycles. The highest BCUT2D eigenvalue weighted by atomic mass is 79.9. The lowest BCUT2D eigenvalue weighted by molar-refractivity contribution is -0.155. The van der Waals surface area contributed by atoms with Crippen LogP contribution in [0.4, 0.5) is 0 Å². The van der Waals surface area contributed by atoms with Crippen LogP contribution >= 0.6 is 15.9 Å². The number of phenols is 1. The van der Waals surface area contributed by atoms with E-state index in [1.54, 1.807) is 32.9 Å². The van der Waals surface area contributed by atoms with E-state index in [1.807, 2.05) is 0 Å². The van der Waals surface area contributed by atoms with Gasteiger partial charge in [-0.2, -0.15) is 0 Å². The van der Waals surface area contributed by atoms with Crippen LogP contribution in [-0.2, 0) is 20.9 Å². The van der Waals surface area contributed by atoms with E-state index in [9.17, 15) is 19.5 Å². The van der Waals surface area contributed by atoms with Gasteiger partial charge >= 0.3 is 5.97 Å². The summed E-state index contributed by atoms with van der Waals surface area (Å²) in [5, 5.41) is 10.1. The Hall–Kier alpha value is -2.09. The van der Waals surface area contributed by atoms with Gasteiger partial charge in [-0.3, -0.25) is 14.4 Å². The smallest absolute Gasteiger partial charge is 0.306 e. The Morgan fingerprint density at radius 2 is 2.04 bits per heavy atom. The molecule has 1 aliphatic heterocycles. The zero-order valence-electron chi connectivity index (χ0n) is 14.3. The molecule has 0 saturated heterocycles. The van der Waals surface area contributed by atoms with E-state index in [4.69, 9.17) is 10.5 Å². The molecule has 8 heteroatoms. The summed E-state index contributed by atoms with van der Waals surface area (Å²) < 4.78 is 5.68. The summed E-state index contributed by atoms with van der Waals surface area (Å²) in [5.74, 6) is -1.61. The molecule has 0 radical (unpaired) electrons. The molecule has 136 valence electrons. The number of halogens is 1. The molecule has 0 aromatic heterocycles. The van der Waals surface area contributed by atoms with Crippen molar-refractivity contribution in [3.63, 3.8) is 0 Å². The molecule has 1 heterocycles. The number of rotatable bonds is 5. The predicted octanol–water partition coefficient (Wildman–Crippen LogP) is 2.09. The summed E-state index contributed by atoms with van der Waals surface area (Å²) in [6.07, 6.45) is 0.0204. The number of amides is 2. The molecule has 0 fully saturated rings. The van der Waals surface area contributed by atoms with Crippen molar-refractivity contribution < 1.29 is 24.2 Å². The zero-order chi connectivity index (χ0) is 18.9. The van der Waals surface area contributed by atoms with Gasteiger partial charge in [0.1, 0.15) is 17.4 Å². The van der Waals surface area contributed by atoms with Crippen LogP contribution in [-0.4, -0.2) is 39.4 Å². The van der Waals surface area contributed by atoms with E-state index in [2.05, 4.69) is 15.9 Å². The number of carbonyl (C=O) groups is 3. The normalized spacial score (nSPS) is 15.0. The average molecular weight is 413 g/mol. The van der Waals surface area contributed by atoms with Crippen molar-refractivity contribution >= 4 is 33.7 Å². The monoisotopic (exact) mass is 412 g/mol. The fourth-order valence-electron chi connectivity index (χ4n) is 2.72. The molecule has 7 nitrogen and oxygen atoms in total. The minimum atomic E-state index is -0.953. The average Bonchev–Trinajstić information content (AvgIpc) is 2.79. The first-order valence-electron chi connectivity index (χ1n) is 7.83. The van der Waals surface area contributed by atoms with Crippen molar-refractivity contribution in [3.05, 3.63) is 27.7 Å². The van der Waals surface area contributed by atoms with Crippen molar-refractivity contribution in [3.8, 4) is 5.75 Å². The van der Waals surface area contributed by atoms with Gasteiger partial charge in [-0.05, 0) is 55.3 Å². The van der Waals surface area contributed by atoms with Crippen LogP contribution in [0.5, 0.6) is 5.75 Å². The van der Waals surface area contributed by atoms with Gasteiger partial charge in [0, 0.05) is 17.5 Å². The Labute approximate surface area is 154 Å². The lowest BCUT2D eigenvalue weighted by Crippen LogP contribution is -2.45. The lowest BCUT2D eigenvalue weighted by Gasteiger charge is -2.25. The molecular formula is C17H21BrN2O5. The van der Waals surface area contributed by atoms with Crippen LogP contribution in [0.15, 0.2) is 16.6 Å². The number of carbonyl (C=O) groups excluding carboxylic acids is 3. The second kappa shape index (κ2) is 7.03. The fourth-order valence-corrected chi connectivity index (χ4v) is 3.09. The van der Waals surface area contributed by atoms with Gasteiger partial charge in [0.15, 0.2) is 0 Å². The molecule has 0 bridgehead atoms. The minimum Gasteiger partial charge on any atom is -0.506 e. The molecule has 2 amide bonds. The second-order valence-electron chi connectivity index (χ2n) is 6.90. The van der Waals surface area contributed by atoms with Crippen molar-refractivity contribution in [2.45, 2.75) is 51.8 Å². The molecule has 0 aliphatic carbocycles. The number of nitrogens with zero attached hydrogens (tertiary/aromatic N) is 1. The number of ether oxygens (including phenoxy) is 1. The highest BCUT2D eigenvalue weighted by Crippen LogP contribution is 2.37. The first-order chi connectivity index (χ1) is 11.5. The highest BCUT2D eigenvalue weighted by molar-refractivity contribution is 9.10. The molecule has 1 aliphatic rings. The summed E-state index contributed by atoms with van der Waals surface area (Å²) in [6, 6.07) is 2.19. The van der Waals surface area contributed by atoms with E-state index in [0.717, 1.165) is 0 Å². The van der Waals surface area contributed by atoms with Gasteiger partial charge in [0.05, 0.1) is 11.0 Å². The maximum atomic E-state index is 12.6. The molecular weight excluding hydrogens is 392 g/mol. The zero-order valence-corrected chi connectivity index (χ0v) is 15.9. The number of aromatic hydroxyl groups is 1.